The van der Waals surface area contributed by atoms with E-state index in [0.717, 1.165) is 6.42 Å². The van der Waals surface area contributed by atoms with Crippen LogP contribution < -0.4 is 0 Å². The molecule has 0 aliphatic carbocycles. The van der Waals surface area contributed by atoms with Gasteiger partial charge < -0.3 is 4.74 Å². The normalized spacial score (nSPS) is 11.2. The first-order chi connectivity index (χ1) is 7.38. The monoisotopic (exact) mass is 242 g/mol. The van der Waals surface area contributed by atoms with Gasteiger partial charge in [-0.05, 0) is 24.0 Å². The summed E-state index contributed by atoms with van der Waals surface area (Å²) in [5.41, 5.74) is 0.324. The smallest absolute Gasteiger partial charge is 0.358 e. The molecule has 0 amide bonds. The van der Waals surface area contributed by atoms with Crippen LogP contribution in [0.5, 0.6) is 0 Å². The second kappa shape index (κ2) is 5.25. The lowest BCUT2D eigenvalue weighted by Crippen LogP contribution is -2.14. The Morgan fingerprint density at radius 2 is 2.06 bits per heavy atom. The zero-order chi connectivity index (χ0) is 12.2. The van der Waals surface area contributed by atoms with Crippen molar-refractivity contribution >= 4 is 17.6 Å². The number of rotatable bonds is 3. The van der Waals surface area contributed by atoms with Crippen LogP contribution in [0, 0.1) is 5.41 Å². The van der Waals surface area contributed by atoms with E-state index in [9.17, 15) is 4.79 Å². The van der Waals surface area contributed by atoms with E-state index in [1.165, 1.54) is 12.1 Å². The van der Waals surface area contributed by atoms with Gasteiger partial charge in [0.25, 0.3) is 0 Å². The Kier molecular flexibility index (Phi) is 4.24. The summed E-state index contributed by atoms with van der Waals surface area (Å²) < 4.78 is 5.06. The van der Waals surface area contributed by atoms with Crippen LogP contribution in [0.15, 0.2) is 12.1 Å². The predicted molar refractivity (Wildman–Crippen MR) is 61.4 cm³/mol. The molecule has 0 atom stereocenters. The van der Waals surface area contributed by atoms with Crippen LogP contribution in [-0.2, 0) is 4.74 Å². The van der Waals surface area contributed by atoms with Crippen LogP contribution in [-0.4, -0.2) is 22.8 Å². The maximum absolute atomic E-state index is 11.5. The van der Waals surface area contributed by atoms with E-state index in [4.69, 9.17) is 16.3 Å². The van der Waals surface area contributed by atoms with Crippen molar-refractivity contribution in [3.05, 3.63) is 23.0 Å². The van der Waals surface area contributed by atoms with Gasteiger partial charge in [-0.2, -0.15) is 0 Å². The SMILES string of the molecule is CC(C)(C)CCOC(=O)c1ccc(Cl)nn1. The molecule has 0 bridgehead atoms. The van der Waals surface area contributed by atoms with Crippen LogP contribution in [0.25, 0.3) is 0 Å². The summed E-state index contributed by atoms with van der Waals surface area (Å²) in [6.45, 7) is 6.64. The average molecular weight is 243 g/mol. The lowest BCUT2D eigenvalue weighted by atomic mass is 9.93. The van der Waals surface area contributed by atoms with E-state index < -0.39 is 5.97 Å². The van der Waals surface area contributed by atoms with Crippen LogP contribution in [0.2, 0.25) is 5.15 Å². The van der Waals surface area contributed by atoms with Crippen molar-refractivity contribution in [1.29, 1.82) is 0 Å². The fraction of sp³-hybridized carbons (Fsp3) is 0.545. The molecule has 0 radical (unpaired) electrons. The average Bonchev–Trinajstić information content (AvgIpc) is 2.16. The number of aromatic nitrogens is 2. The molecule has 0 aromatic carbocycles. The Morgan fingerprint density at radius 3 is 2.56 bits per heavy atom. The number of hydrogen-bond donors (Lipinski definition) is 0. The summed E-state index contributed by atoms with van der Waals surface area (Å²) in [6, 6.07) is 3.00. The Labute approximate surface area is 100.0 Å². The number of ether oxygens (including phenoxy) is 1. The lowest BCUT2D eigenvalue weighted by molar-refractivity contribution is 0.0456. The van der Waals surface area contributed by atoms with Gasteiger partial charge in [-0.25, -0.2) is 4.79 Å². The van der Waals surface area contributed by atoms with Crippen LogP contribution in [0.3, 0.4) is 0 Å². The topological polar surface area (TPSA) is 52.1 Å². The van der Waals surface area contributed by atoms with Gasteiger partial charge in [-0.3, -0.25) is 0 Å². The standard InChI is InChI=1S/C11H15ClN2O2/c1-11(2,3)6-7-16-10(15)8-4-5-9(12)14-13-8/h4-5H,6-7H2,1-3H3. The third-order valence-corrected chi connectivity index (χ3v) is 2.13. The third-order valence-electron chi connectivity index (χ3n) is 1.93. The molecular formula is C11H15ClN2O2. The summed E-state index contributed by atoms with van der Waals surface area (Å²) in [7, 11) is 0. The molecule has 0 saturated heterocycles. The fourth-order valence-electron chi connectivity index (χ4n) is 0.949. The van der Waals surface area contributed by atoms with Crippen LogP contribution in [0.1, 0.15) is 37.7 Å². The zero-order valence-corrected chi connectivity index (χ0v) is 10.4. The van der Waals surface area contributed by atoms with Crippen molar-refractivity contribution in [2.45, 2.75) is 27.2 Å². The molecular weight excluding hydrogens is 228 g/mol. The molecule has 1 heterocycles. The fourth-order valence-corrected chi connectivity index (χ4v) is 1.05. The lowest BCUT2D eigenvalue weighted by Gasteiger charge is -2.17. The van der Waals surface area contributed by atoms with Gasteiger partial charge in [0.05, 0.1) is 6.61 Å². The maximum Gasteiger partial charge on any atom is 0.358 e. The van der Waals surface area contributed by atoms with Crippen molar-refractivity contribution in [1.82, 2.24) is 10.2 Å². The van der Waals surface area contributed by atoms with Crippen molar-refractivity contribution < 1.29 is 9.53 Å². The summed E-state index contributed by atoms with van der Waals surface area (Å²) in [6.07, 6.45) is 0.805. The van der Waals surface area contributed by atoms with E-state index in [0.29, 0.717) is 6.61 Å². The molecule has 1 aromatic rings. The Hall–Kier alpha value is -1.16. The van der Waals surface area contributed by atoms with E-state index in [2.05, 4.69) is 31.0 Å². The van der Waals surface area contributed by atoms with Gasteiger partial charge in [0.2, 0.25) is 0 Å². The molecule has 0 aliphatic rings. The number of carbonyl (C=O) groups is 1. The minimum absolute atomic E-state index is 0.145. The molecule has 0 fully saturated rings. The van der Waals surface area contributed by atoms with Gasteiger partial charge in [-0.1, -0.05) is 32.4 Å². The van der Waals surface area contributed by atoms with Crippen molar-refractivity contribution in [2.24, 2.45) is 5.41 Å². The summed E-state index contributed by atoms with van der Waals surface area (Å²) in [5, 5.41) is 7.46. The maximum atomic E-state index is 11.5. The number of nitrogens with zero attached hydrogens (tertiary/aromatic N) is 2. The highest BCUT2D eigenvalue weighted by Gasteiger charge is 2.13. The highest BCUT2D eigenvalue weighted by atomic mass is 35.5. The zero-order valence-electron chi connectivity index (χ0n) is 9.66. The van der Waals surface area contributed by atoms with Crippen molar-refractivity contribution in [3.8, 4) is 0 Å². The highest BCUT2D eigenvalue weighted by Crippen LogP contribution is 2.18. The first kappa shape index (κ1) is 12.9. The third kappa shape index (κ3) is 4.57. The van der Waals surface area contributed by atoms with E-state index in [1.54, 1.807) is 0 Å². The molecule has 1 aromatic heterocycles. The predicted octanol–water partition coefficient (Wildman–Crippen LogP) is 2.72. The molecule has 88 valence electrons. The first-order valence-corrected chi connectivity index (χ1v) is 5.43. The molecule has 0 N–H and O–H groups in total. The second-order valence-corrected chi connectivity index (χ2v) is 5.08. The van der Waals surface area contributed by atoms with Gasteiger partial charge in [0, 0.05) is 0 Å². The number of carbonyl (C=O) groups excluding carboxylic acids is 1. The summed E-state index contributed by atoms with van der Waals surface area (Å²) in [4.78, 5) is 11.5. The van der Waals surface area contributed by atoms with Crippen molar-refractivity contribution in [2.75, 3.05) is 6.61 Å². The van der Waals surface area contributed by atoms with Gasteiger partial charge >= 0.3 is 5.97 Å². The van der Waals surface area contributed by atoms with E-state index in [-0.39, 0.29) is 16.3 Å². The first-order valence-electron chi connectivity index (χ1n) is 5.05. The van der Waals surface area contributed by atoms with Gasteiger partial charge in [0.1, 0.15) is 0 Å². The quantitative estimate of drug-likeness (QED) is 0.765. The molecule has 0 unspecified atom stereocenters. The summed E-state index contributed by atoms with van der Waals surface area (Å²) >= 11 is 5.55. The second-order valence-electron chi connectivity index (χ2n) is 4.69. The van der Waals surface area contributed by atoms with Crippen LogP contribution >= 0.6 is 11.6 Å². The molecule has 1 rings (SSSR count). The number of esters is 1. The van der Waals surface area contributed by atoms with E-state index >= 15 is 0 Å². The molecule has 0 aliphatic heterocycles. The summed E-state index contributed by atoms with van der Waals surface area (Å²) in [5.74, 6) is -0.464. The Balaban J connectivity index is 2.44. The van der Waals surface area contributed by atoms with Crippen molar-refractivity contribution in [3.63, 3.8) is 0 Å². The van der Waals surface area contributed by atoms with Gasteiger partial charge in [0.15, 0.2) is 10.8 Å². The minimum Gasteiger partial charge on any atom is -0.461 e. The molecule has 16 heavy (non-hydrogen) atoms. The molecule has 4 nitrogen and oxygen atoms in total. The van der Waals surface area contributed by atoms with Crippen LogP contribution in [0.4, 0.5) is 0 Å². The minimum atomic E-state index is -0.464. The van der Waals surface area contributed by atoms with E-state index in [1.807, 2.05) is 0 Å². The number of hydrogen-bond acceptors (Lipinski definition) is 4. The highest BCUT2D eigenvalue weighted by molar-refractivity contribution is 6.29. The number of halogens is 1. The molecule has 0 spiro atoms. The molecule has 5 heteroatoms. The Bertz CT molecular complexity index is 357. The largest absolute Gasteiger partial charge is 0.461 e. The molecule has 0 saturated carbocycles. The Morgan fingerprint density at radius 1 is 1.38 bits per heavy atom. The van der Waals surface area contributed by atoms with Gasteiger partial charge in [-0.15, -0.1) is 10.2 Å².